The zero-order valence-corrected chi connectivity index (χ0v) is 61.8. The molecule has 0 radical (unpaired) electrons. The number of nitrogens with zero attached hydrogens (tertiary/aromatic N) is 8. The molecular weight excluding hydrogens is 1400 g/mol. The van der Waals surface area contributed by atoms with Gasteiger partial charge in [-0.05, 0) is 171 Å². The van der Waals surface area contributed by atoms with E-state index in [1.165, 1.54) is 73.3 Å². The molecular formula is C102H62N8S2. The molecule has 0 N–H and O–H groups in total. The van der Waals surface area contributed by atoms with Crippen LogP contribution in [-0.2, 0) is 0 Å². The molecule has 0 saturated heterocycles. The predicted molar refractivity (Wildman–Crippen MR) is 467 cm³/mol. The molecule has 8 nitrogen and oxygen atoms in total. The SMILES string of the molecule is c1ccc(-c2nc(-c3ccccc3)nc(-c3cccc(-c4cccc5sc6ccc(-c7ccc8c(c7)c7cc(-c9cccc(-c%10nc(-c%11ccccc%11)nc(-c%11ccccc%11-c%11cccc%12sc%13ccc(-c%14ccc%15c(c%14)c%14ccccc%14n%15-c%14ccccc%14)cc%13c%11%12)n%10)c9)ccc7n8-c7ccccc7)cc6c45)c3)n2)cc1. The standard InChI is InChI=1S/C102H62N8S2/c1-6-24-63(25-7-1)97-103-98(64-26-8-2-9-27-64)105-100(104-97)74-33-21-31-72(57-74)77-41-22-44-93-95(77)85-61-70(49-54-91(85)111-93)69-48-53-90-84(60-69)83-59-67(46-52-89(83)110(90)76-36-14-5-15-37-76)66-30-20-32-73(56-66)101-106-99(65-28-10-3-11-29-65)107-102(108-101)81-40-17-16-38-78(81)80-42-23-45-94-96(80)86-62-71(50-55-92(86)112-94)68-47-51-88-82(58-68)79-39-18-19-43-87(79)109(88)75-34-12-4-13-35-75/h1-62H. The quantitative estimate of drug-likeness (QED) is 0.114. The second-order valence-corrected chi connectivity index (χ2v) is 30.6. The van der Waals surface area contributed by atoms with Crippen molar-refractivity contribution in [3.05, 3.63) is 376 Å². The van der Waals surface area contributed by atoms with E-state index < -0.39 is 0 Å². The van der Waals surface area contributed by atoms with Crippen molar-refractivity contribution in [1.29, 1.82) is 0 Å². The van der Waals surface area contributed by atoms with Crippen molar-refractivity contribution in [1.82, 2.24) is 39.0 Å². The molecule has 522 valence electrons. The van der Waals surface area contributed by atoms with E-state index in [9.17, 15) is 0 Å². The number of rotatable bonds is 13. The van der Waals surface area contributed by atoms with E-state index in [2.05, 4.69) is 306 Å². The summed E-state index contributed by atoms with van der Waals surface area (Å²) in [6.07, 6.45) is 0. The van der Waals surface area contributed by atoms with Gasteiger partial charge in [0.1, 0.15) is 0 Å². The molecule has 22 rings (SSSR count). The van der Waals surface area contributed by atoms with Crippen molar-refractivity contribution in [2.75, 3.05) is 0 Å². The van der Waals surface area contributed by atoms with Gasteiger partial charge in [-0.1, -0.05) is 261 Å². The molecule has 0 unspecified atom stereocenters. The van der Waals surface area contributed by atoms with Gasteiger partial charge in [0.2, 0.25) is 0 Å². The first-order valence-corrected chi connectivity index (χ1v) is 39.3. The Kier molecular flexibility index (Phi) is 15.5. The first kappa shape index (κ1) is 64.7. The highest BCUT2D eigenvalue weighted by Crippen LogP contribution is 2.48. The van der Waals surface area contributed by atoms with Crippen LogP contribution in [0.2, 0.25) is 0 Å². The maximum atomic E-state index is 5.50. The van der Waals surface area contributed by atoms with E-state index in [-0.39, 0.29) is 0 Å². The number of benzene rings is 16. The summed E-state index contributed by atoms with van der Waals surface area (Å²) in [6, 6.07) is 135. The molecule has 0 atom stereocenters. The molecule has 0 amide bonds. The van der Waals surface area contributed by atoms with Crippen LogP contribution >= 0.6 is 22.7 Å². The van der Waals surface area contributed by atoms with Crippen LogP contribution in [0.3, 0.4) is 0 Å². The lowest BCUT2D eigenvalue weighted by Crippen LogP contribution is -2.01. The molecule has 22 aromatic rings. The first-order valence-electron chi connectivity index (χ1n) is 37.6. The van der Waals surface area contributed by atoms with Gasteiger partial charge in [0.25, 0.3) is 0 Å². The van der Waals surface area contributed by atoms with Gasteiger partial charge < -0.3 is 9.13 Å². The summed E-state index contributed by atoms with van der Waals surface area (Å²) in [4.78, 5) is 31.4. The number of thiophene rings is 2. The fourth-order valence-electron chi connectivity index (χ4n) is 16.6. The summed E-state index contributed by atoms with van der Waals surface area (Å²) in [5.41, 5.74) is 23.5. The van der Waals surface area contributed by atoms with E-state index in [4.69, 9.17) is 29.9 Å². The Bertz CT molecular complexity index is 7440. The molecule has 10 heteroatoms. The highest BCUT2D eigenvalue weighted by molar-refractivity contribution is 7.26. The molecule has 0 spiro atoms. The van der Waals surface area contributed by atoms with Crippen LogP contribution in [0.5, 0.6) is 0 Å². The van der Waals surface area contributed by atoms with Gasteiger partial charge in [-0.2, -0.15) is 0 Å². The maximum Gasteiger partial charge on any atom is 0.164 e. The van der Waals surface area contributed by atoms with Gasteiger partial charge >= 0.3 is 0 Å². The minimum absolute atomic E-state index is 0.588. The summed E-state index contributed by atoms with van der Waals surface area (Å²) in [7, 11) is 0. The lowest BCUT2D eigenvalue weighted by molar-refractivity contribution is 1.07. The number of fused-ring (bicyclic) bond motifs is 12. The minimum Gasteiger partial charge on any atom is -0.309 e. The zero-order chi connectivity index (χ0) is 73.7. The van der Waals surface area contributed by atoms with Crippen molar-refractivity contribution in [3.8, 4) is 135 Å². The van der Waals surface area contributed by atoms with Gasteiger partial charge in [-0.25, -0.2) is 29.9 Å². The third-order valence-electron chi connectivity index (χ3n) is 21.8. The molecule has 0 bridgehead atoms. The van der Waals surface area contributed by atoms with Crippen LogP contribution in [0.25, 0.3) is 219 Å². The van der Waals surface area contributed by atoms with Gasteiger partial charge in [0.05, 0.1) is 22.1 Å². The number of hydrogen-bond acceptors (Lipinski definition) is 8. The van der Waals surface area contributed by atoms with Gasteiger partial charge in [0, 0.05) is 107 Å². The largest absolute Gasteiger partial charge is 0.309 e. The van der Waals surface area contributed by atoms with Gasteiger partial charge in [0.15, 0.2) is 34.9 Å². The summed E-state index contributed by atoms with van der Waals surface area (Å²) in [6.45, 7) is 0. The molecule has 112 heavy (non-hydrogen) atoms. The third-order valence-corrected chi connectivity index (χ3v) is 24.1. The molecule has 16 aromatic carbocycles. The molecule has 0 saturated carbocycles. The number of aromatic nitrogens is 8. The second-order valence-electron chi connectivity index (χ2n) is 28.5. The summed E-state index contributed by atoms with van der Waals surface area (Å²) in [5.74, 6) is 3.68. The van der Waals surface area contributed by atoms with Crippen molar-refractivity contribution in [2.24, 2.45) is 0 Å². The van der Waals surface area contributed by atoms with Crippen molar-refractivity contribution in [2.45, 2.75) is 0 Å². The zero-order valence-electron chi connectivity index (χ0n) is 60.2. The fraction of sp³-hybridized carbons (Fsp3) is 0. The number of hydrogen-bond donors (Lipinski definition) is 0. The first-order chi connectivity index (χ1) is 55.5. The Balaban J connectivity index is 0.630. The van der Waals surface area contributed by atoms with E-state index in [0.717, 1.165) is 111 Å². The normalized spacial score (nSPS) is 11.8. The lowest BCUT2D eigenvalue weighted by atomic mass is 9.94. The lowest BCUT2D eigenvalue weighted by Gasteiger charge is -2.13. The van der Waals surface area contributed by atoms with Crippen LogP contribution in [0.4, 0.5) is 0 Å². The van der Waals surface area contributed by atoms with E-state index in [1.54, 1.807) is 0 Å². The average Bonchev–Trinajstić information content (AvgIpc) is 1.46. The highest BCUT2D eigenvalue weighted by atomic mass is 32.1. The van der Waals surface area contributed by atoms with Crippen LogP contribution in [0.15, 0.2) is 376 Å². The number of para-hydroxylation sites is 3. The monoisotopic (exact) mass is 1460 g/mol. The van der Waals surface area contributed by atoms with E-state index >= 15 is 0 Å². The maximum absolute atomic E-state index is 5.50. The Labute approximate surface area is 652 Å². The third kappa shape index (κ3) is 11.2. The Morgan fingerprint density at radius 3 is 0.973 bits per heavy atom. The highest BCUT2D eigenvalue weighted by Gasteiger charge is 2.24. The van der Waals surface area contributed by atoms with E-state index in [1.807, 2.05) is 102 Å². The molecule has 0 fully saturated rings. The Hall–Kier alpha value is -14.4. The van der Waals surface area contributed by atoms with Crippen LogP contribution in [0.1, 0.15) is 0 Å². The summed E-state index contributed by atoms with van der Waals surface area (Å²) < 4.78 is 9.68. The molecule has 6 heterocycles. The van der Waals surface area contributed by atoms with Crippen molar-refractivity contribution < 1.29 is 0 Å². The van der Waals surface area contributed by atoms with Crippen molar-refractivity contribution in [3.63, 3.8) is 0 Å². The minimum atomic E-state index is 0.588. The molecule has 0 aliphatic heterocycles. The molecule has 0 aliphatic carbocycles. The second kappa shape index (κ2) is 26.8. The van der Waals surface area contributed by atoms with Crippen LogP contribution in [-0.4, -0.2) is 39.0 Å². The van der Waals surface area contributed by atoms with E-state index in [0.29, 0.717) is 34.9 Å². The molecule has 6 aromatic heterocycles. The fourth-order valence-corrected chi connectivity index (χ4v) is 18.8. The van der Waals surface area contributed by atoms with Gasteiger partial charge in [-0.3, -0.25) is 0 Å². The topological polar surface area (TPSA) is 87.2 Å². The smallest absolute Gasteiger partial charge is 0.164 e. The Morgan fingerprint density at radius 2 is 0.482 bits per heavy atom. The van der Waals surface area contributed by atoms with Crippen molar-refractivity contribution >= 4 is 107 Å². The predicted octanol–water partition coefficient (Wildman–Crippen LogP) is 27.3. The van der Waals surface area contributed by atoms with Crippen LogP contribution in [0, 0.1) is 0 Å². The summed E-state index contributed by atoms with van der Waals surface area (Å²) >= 11 is 3.66. The summed E-state index contributed by atoms with van der Waals surface area (Å²) in [5, 5.41) is 9.63. The average molecular weight is 1460 g/mol. The van der Waals surface area contributed by atoms with Gasteiger partial charge in [-0.15, -0.1) is 22.7 Å². The van der Waals surface area contributed by atoms with Crippen LogP contribution < -0.4 is 0 Å². The molecule has 0 aliphatic rings. The Morgan fingerprint density at radius 1 is 0.170 bits per heavy atom.